The topological polar surface area (TPSA) is 89.1 Å². The van der Waals surface area contributed by atoms with Crippen molar-refractivity contribution < 1.29 is 4.74 Å². The van der Waals surface area contributed by atoms with Crippen molar-refractivity contribution >= 4 is 17.0 Å². The van der Waals surface area contributed by atoms with Gasteiger partial charge < -0.3 is 19.4 Å². The van der Waals surface area contributed by atoms with Crippen LogP contribution in [0.25, 0.3) is 16.6 Å². The van der Waals surface area contributed by atoms with Gasteiger partial charge in [-0.15, -0.1) is 0 Å². The number of methoxy groups -OCH3 is 1. The molecule has 206 valence electrons. The Kier molecular flexibility index (Phi) is 7.00. The van der Waals surface area contributed by atoms with Gasteiger partial charge in [-0.1, -0.05) is 6.07 Å². The molecule has 4 aromatic heterocycles. The summed E-state index contributed by atoms with van der Waals surface area (Å²) in [4.78, 5) is 18.6. The quantitative estimate of drug-likeness (QED) is 0.319. The van der Waals surface area contributed by atoms with Gasteiger partial charge in [0.15, 0.2) is 0 Å². The van der Waals surface area contributed by atoms with E-state index in [0.717, 1.165) is 60.9 Å². The fourth-order valence-corrected chi connectivity index (χ4v) is 5.80. The standard InChI is InChI=1S/C30H35N9O/c1-35(2)9-10-36(3)24-12-27(30-23(13-31)16-34-39(30)20-24)22-6-7-28(32-15-22)37-18-25-11-26(19-37)38(25)17-21-5-8-29(40-4)33-14-21/h5-8,12,14-16,20,25-26H,9-11,17-19H2,1-4H3. The van der Waals surface area contributed by atoms with Gasteiger partial charge in [0.05, 0.1) is 36.3 Å². The third kappa shape index (κ3) is 4.94. The second kappa shape index (κ2) is 10.8. The van der Waals surface area contributed by atoms with Crippen LogP contribution in [0.5, 0.6) is 5.88 Å². The van der Waals surface area contributed by atoms with E-state index in [9.17, 15) is 5.26 Å². The number of piperazine rings is 1. The lowest BCUT2D eigenvalue weighted by Gasteiger charge is -2.56. The number of pyridine rings is 3. The molecular formula is C30H35N9O. The summed E-state index contributed by atoms with van der Waals surface area (Å²) in [5.74, 6) is 1.64. The van der Waals surface area contributed by atoms with Crippen molar-refractivity contribution in [1.29, 1.82) is 5.26 Å². The third-order valence-electron chi connectivity index (χ3n) is 8.14. The van der Waals surface area contributed by atoms with E-state index in [0.29, 0.717) is 23.5 Å². The maximum atomic E-state index is 9.75. The molecule has 2 bridgehead atoms. The molecule has 7 rings (SSSR count). The van der Waals surface area contributed by atoms with Crippen LogP contribution < -0.4 is 14.5 Å². The maximum Gasteiger partial charge on any atom is 0.212 e. The second-order valence-corrected chi connectivity index (χ2v) is 11.0. The maximum absolute atomic E-state index is 9.75. The number of likely N-dealkylation sites (N-methyl/N-ethyl adjacent to an activating group) is 2. The number of hydrogen-bond donors (Lipinski definition) is 0. The van der Waals surface area contributed by atoms with Crippen molar-refractivity contribution in [1.82, 2.24) is 29.4 Å². The summed E-state index contributed by atoms with van der Waals surface area (Å²) in [5.41, 5.74) is 5.57. The highest BCUT2D eigenvalue weighted by Gasteiger charge is 2.44. The van der Waals surface area contributed by atoms with Crippen LogP contribution in [0.4, 0.5) is 11.5 Å². The molecule has 0 saturated carbocycles. The van der Waals surface area contributed by atoms with E-state index in [1.54, 1.807) is 13.3 Å². The molecule has 0 aliphatic carbocycles. The Balaban J connectivity index is 1.20. The third-order valence-corrected chi connectivity index (χ3v) is 8.14. The van der Waals surface area contributed by atoms with E-state index in [-0.39, 0.29) is 0 Å². The van der Waals surface area contributed by atoms with Crippen molar-refractivity contribution in [2.75, 3.05) is 64.2 Å². The molecule has 10 nitrogen and oxygen atoms in total. The fourth-order valence-electron chi connectivity index (χ4n) is 5.80. The minimum absolute atomic E-state index is 0.515. The molecule has 40 heavy (non-hydrogen) atoms. The van der Waals surface area contributed by atoms with E-state index >= 15 is 0 Å². The van der Waals surface area contributed by atoms with E-state index in [1.807, 2.05) is 29.2 Å². The first-order chi connectivity index (χ1) is 19.4. The molecule has 0 radical (unpaired) electrons. The van der Waals surface area contributed by atoms with E-state index in [2.05, 4.69) is 81.2 Å². The highest BCUT2D eigenvalue weighted by atomic mass is 16.5. The lowest BCUT2D eigenvalue weighted by Crippen LogP contribution is -2.68. The molecule has 0 N–H and O–H groups in total. The molecule has 4 aromatic rings. The number of hydrogen-bond acceptors (Lipinski definition) is 9. The van der Waals surface area contributed by atoms with Gasteiger partial charge in [-0.25, -0.2) is 14.5 Å². The molecule has 0 amide bonds. The van der Waals surface area contributed by atoms with Crippen LogP contribution in [0.15, 0.2) is 55.1 Å². The molecule has 10 heteroatoms. The molecule has 7 heterocycles. The smallest absolute Gasteiger partial charge is 0.212 e. The number of nitrogens with zero attached hydrogens (tertiary/aromatic N) is 9. The number of rotatable bonds is 9. The van der Waals surface area contributed by atoms with Crippen molar-refractivity contribution in [2.24, 2.45) is 0 Å². The first-order valence-corrected chi connectivity index (χ1v) is 13.7. The molecule has 2 unspecified atom stereocenters. The van der Waals surface area contributed by atoms with Gasteiger partial charge in [0, 0.05) is 81.4 Å². The van der Waals surface area contributed by atoms with Gasteiger partial charge in [0.2, 0.25) is 5.88 Å². The fraction of sp³-hybridized carbons (Fsp3) is 0.400. The van der Waals surface area contributed by atoms with Crippen molar-refractivity contribution in [3.8, 4) is 23.1 Å². The van der Waals surface area contributed by atoms with Crippen LogP contribution in [0.3, 0.4) is 0 Å². The average molecular weight is 538 g/mol. The van der Waals surface area contributed by atoms with Gasteiger partial charge in [0.1, 0.15) is 11.9 Å². The number of anilines is 2. The monoisotopic (exact) mass is 537 g/mol. The number of nitriles is 1. The number of fused-ring (bicyclic) bond motifs is 3. The van der Waals surface area contributed by atoms with Crippen LogP contribution in [0.1, 0.15) is 17.5 Å². The predicted octanol–water partition coefficient (Wildman–Crippen LogP) is 3.13. The zero-order chi connectivity index (χ0) is 27.8. The van der Waals surface area contributed by atoms with Gasteiger partial charge >= 0.3 is 0 Å². The average Bonchev–Trinajstić information content (AvgIpc) is 3.42. The molecule has 0 spiro atoms. The Morgan fingerprint density at radius 3 is 2.50 bits per heavy atom. The summed E-state index contributed by atoms with van der Waals surface area (Å²) in [7, 11) is 7.87. The Morgan fingerprint density at radius 2 is 1.85 bits per heavy atom. The Hall–Kier alpha value is -4.20. The molecule has 3 aliphatic heterocycles. The van der Waals surface area contributed by atoms with E-state index in [4.69, 9.17) is 9.72 Å². The van der Waals surface area contributed by atoms with Gasteiger partial charge in [0.25, 0.3) is 0 Å². The molecular weight excluding hydrogens is 502 g/mol. The summed E-state index contributed by atoms with van der Waals surface area (Å²) in [5, 5.41) is 14.2. The number of ether oxygens (including phenoxy) is 1. The summed E-state index contributed by atoms with van der Waals surface area (Å²) in [6.45, 7) is 4.65. The van der Waals surface area contributed by atoms with Gasteiger partial charge in [-0.2, -0.15) is 10.4 Å². The summed E-state index contributed by atoms with van der Waals surface area (Å²) in [6, 6.07) is 13.7. The molecule has 3 fully saturated rings. The van der Waals surface area contributed by atoms with Crippen molar-refractivity contribution in [3.63, 3.8) is 0 Å². The zero-order valence-corrected chi connectivity index (χ0v) is 23.5. The van der Waals surface area contributed by atoms with Gasteiger partial charge in [-0.3, -0.25) is 4.90 Å². The summed E-state index contributed by atoms with van der Waals surface area (Å²) < 4.78 is 7.00. The number of aromatic nitrogens is 4. The van der Waals surface area contributed by atoms with Crippen LogP contribution in [-0.2, 0) is 6.54 Å². The minimum atomic E-state index is 0.515. The van der Waals surface area contributed by atoms with Crippen molar-refractivity contribution in [2.45, 2.75) is 25.0 Å². The van der Waals surface area contributed by atoms with Crippen LogP contribution in [0.2, 0.25) is 0 Å². The molecule has 3 saturated heterocycles. The van der Waals surface area contributed by atoms with E-state index in [1.165, 1.54) is 12.0 Å². The zero-order valence-electron chi connectivity index (χ0n) is 23.5. The van der Waals surface area contributed by atoms with E-state index < -0.39 is 0 Å². The first-order valence-electron chi connectivity index (χ1n) is 13.7. The van der Waals surface area contributed by atoms with Crippen molar-refractivity contribution in [3.05, 3.63) is 66.2 Å². The predicted molar refractivity (Wildman–Crippen MR) is 156 cm³/mol. The highest BCUT2D eigenvalue weighted by molar-refractivity contribution is 5.86. The Labute approximate surface area is 235 Å². The number of piperidine rings is 1. The summed E-state index contributed by atoms with van der Waals surface area (Å²) >= 11 is 0. The SMILES string of the molecule is COc1ccc(CN2C3CC2CN(c2ccc(-c4cc(N(C)CCN(C)C)cn5ncc(C#N)c45)cn2)C3)cn1. The molecule has 0 aromatic carbocycles. The minimum Gasteiger partial charge on any atom is -0.481 e. The summed E-state index contributed by atoms with van der Waals surface area (Å²) in [6.07, 6.45) is 8.70. The highest BCUT2D eigenvalue weighted by Crippen LogP contribution is 2.36. The van der Waals surface area contributed by atoms with Crippen LogP contribution in [-0.4, -0.2) is 95.9 Å². The normalized spacial score (nSPS) is 18.6. The van der Waals surface area contributed by atoms with Crippen LogP contribution >= 0.6 is 0 Å². The molecule has 3 aliphatic rings. The second-order valence-electron chi connectivity index (χ2n) is 11.0. The first kappa shape index (κ1) is 26.0. The Bertz CT molecular complexity index is 1510. The Morgan fingerprint density at radius 1 is 1.02 bits per heavy atom. The molecule has 2 atom stereocenters. The largest absolute Gasteiger partial charge is 0.481 e. The van der Waals surface area contributed by atoms with Gasteiger partial charge in [-0.05, 0) is 44.3 Å². The lowest BCUT2D eigenvalue weighted by atomic mass is 9.87. The van der Waals surface area contributed by atoms with Crippen LogP contribution in [0, 0.1) is 11.3 Å². The lowest BCUT2D eigenvalue weighted by molar-refractivity contribution is -0.00876.